The second-order valence-corrected chi connectivity index (χ2v) is 5.25. The second-order valence-electron chi connectivity index (χ2n) is 5.25. The van der Waals surface area contributed by atoms with Crippen LogP contribution in [-0.2, 0) is 4.79 Å². The van der Waals surface area contributed by atoms with Crippen molar-refractivity contribution < 1.29 is 9.18 Å². The minimum Gasteiger partial charge on any atom is -0.369 e. The van der Waals surface area contributed by atoms with E-state index >= 15 is 0 Å². The summed E-state index contributed by atoms with van der Waals surface area (Å²) in [5, 5.41) is 0.657. The van der Waals surface area contributed by atoms with Gasteiger partial charge in [-0.05, 0) is 24.1 Å². The van der Waals surface area contributed by atoms with E-state index in [0.29, 0.717) is 29.8 Å². The minimum atomic E-state index is -0.327. The van der Waals surface area contributed by atoms with Crippen molar-refractivity contribution in [1.82, 2.24) is 9.97 Å². The normalized spacial score (nSPS) is 22.4. The molecule has 0 aliphatic carbocycles. The highest BCUT2D eigenvalue weighted by Gasteiger charge is 2.34. The third-order valence-electron chi connectivity index (χ3n) is 3.85. The number of anilines is 1. The van der Waals surface area contributed by atoms with Crippen molar-refractivity contribution in [3.05, 3.63) is 30.3 Å². The van der Waals surface area contributed by atoms with Crippen molar-refractivity contribution >= 4 is 22.6 Å². The van der Waals surface area contributed by atoms with Crippen molar-refractivity contribution in [3.63, 3.8) is 0 Å². The summed E-state index contributed by atoms with van der Waals surface area (Å²) in [7, 11) is 0. The summed E-state index contributed by atoms with van der Waals surface area (Å²) >= 11 is 0. The molecule has 6 heteroatoms. The highest BCUT2D eigenvalue weighted by atomic mass is 19.1. The van der Waals surface area contributed by atoms with E-state index in [4.69, 9.17) is 5.73 Å². The zero-order chi connectivity index (χ0) is 14.3. The summed E-state index contributed by atoms with van der Waals surface area (Å²) in [6.07, 6.45) is 1.46. The molecule has 0 unspecified atom stereocenters. The summed E-state index contributed by atoms with van der Waals surface area (Å²) in [6.45, 7) is 3.18. The molecule has 20 heavy (non-hydrogen) atoms. The highest BCUT2D eigenvalue weighted by Crippen LogP contribution is 2.31. The molecule has 0 radical (unpaired) electrons. The van der Waals surface area contributed by atoms with Gasteiger partial charge in [0.1, 0.15) is 18.0 Å². The second kappa shape index (κ2) is 4.70. The van der Waals surface area contributed by atoms with Crippen molar-refractivity contribution in [3.8, 4) is 0 Å². The molecule has 2 aromatic rings. The molecular formula is C14H15FN4O. The predicted octanol–water partition coefficient (Wildman–Crippen LogP) is 1.33. The van der Waals surface area contributed by atoms with Crippen LogP contribution < -0.4 is 10.6 Å². The Morgan fingerprint density at radius 2 is 2.20 bits per heavy atom. The van der Waals surface area contributed by atoms with Gasteiger partial charge in [-0.3, -0.25) is 4.79 Å². The molecule has 0 saturated carbocycles. The molecule has 1 fully saturated rings. The van der Waals surface area contributed by atoms with Crippen LogP contribution in [0.25, 0.3) is 10.9 Å². The monoisotopic (exact) mass is 274 g/mol. The molecule has 0 spiro atoms. The number of nitrogens with two attached hydrogens (primary N) is 1. The van der Waals surface area contributed by atoms with Gasteiger partial charge in [-0.15, -0.1) is 0 Å². The Morgan fingerprint density at radius 3 is 2.90 bits per heavy atom. The fourth-order valence-corrected chi connectivity index (χ4v) is 2.78. The van der Waals surface area contributed by atoms with E-state index in [9.17, 15) is 9.18 Å². The van der Waals surface area contributed by atoms with Crippen LogP contribution in [0, 0.1) is 17.7 Å². The number of aromatic nitrogens is 2. The molecule has 2 atom stereocenters. The lowest BCUT2D eigenvalue weighted by Crippen LogP contribution is -2.29. The maximum Gasteiger partial charge on any atom is 0.222 e. The van der Waals surface area contributed by atoms with Crippen molar-refractivity contribution in [2.24, 2.45) is 17.6 Å². The Hall–Kier alpha value is -2.24. The van der Waals surface area contributed by atoms with Crippen LogP contribution in [0.3, 0.4) is 0 Å². The van der Waals surface area contributed by atoms with E-state index in [0.717, 1.165) is 0 Å². The summed E-state index contributed by atoms with van der Waals surface area (Å²) < 4.78 is 13.4. The molecule has 1 aromatic heterocycles. The molecule has 3 rings (SSSR count). The number of amides is 1. The number of halogens is 1. The number of hydrogen-bond acceptors (Lipinski definition) is 4. The largest absolute Gasteiger partial charge is 0.369 e. The van der Waals surface area contributed by atoms with E-state index in [1.807, 2.05) is 11.8 Å². The zero-order valence-corrected chi connectivity index (χ0v) is 11.1. The predicted molar refractivity (Wildman–Crippen MR) is 73.6 cm³/mol. The first-order valence-electron chi connectivity index (χ1n) is 6.51. The smallest absolute Gasteiger partial charge is 0.222 e. The van der Waals surface area contributed by atoms with Crippen LogP contribution in [0.15, 0.2) is 24.5 Å². The third kappa shape index (κ3) is 2.07. The minimum absolute atomic E-state index is 0.158. The average Bonchev–Trinajstić information content (AvgIpc) is 2.80. The SMILES string of the molecule is C[C@@H]1CN(c2ncnc3ccc(F)cc23)C[C@H]1C(N)=O. The van der Waals surface area contributed by atoms with Gasteiger partial charge in [0, 0.05) is 18.5 Å². The maximum atomic E-state index is 13.4. The lowest BCUT2D eigenvalue weighted by atomic mass is 9.98. The molecule has 1 aliphatic rings. The van der Waals surface area contributed by atoms with Crippen LogP contribution in [0.1, 0.15) is 6.92 Å². The number of rotatable bonds is 2. The van der Waals surface area contributed by atoms with Gasteiger partial charge in [-0.2, -0.15) is 0 Å². The van der Waals surface area contributed by atoms with E-state index < -0.39 is 0 Å². The number of nitrogens with zero attached hydrogens (tertiary/aromatic N) is 3. The fraction of sp³-hybridized carbons (Fsp3) is 0.357. The van der Waals surface area contributed by atoms with Gasteiger partial charge < -0.3 is 10.6 Å². The van der Waals surface area contributed by atoms with Gasteiger partial charge in [0.25, 0.3) is 0 Å². The first-order chi connectivity index (χ1) is 9.56. The Kier molecular flexibility index (Phi) is 3.00. The standard InChI is InChI=1S/C14H15FN4O/c1-8-5-19(6-11(8)13(16)20)14-10-4-9(15)2-3-12(10)17-7-18-14/h2-4,7-8,11H,5-6H2,1H3,(H2,16,20)/t8-,11-/m1/s1. The highest BCUT2D eigenvalue weighted by molar-refractivity contribution is 5.90. The molecule has 2 N–H and O–H groups in total. The average molecular weight is 274 g/mol. The van der Waals surface area contributed by atoms with Crippen molar-refractivity contribution in [2.75, 3.05) is 18.0 Å². The summed E-state index contributed by atoms with van der Waals surface area (Å²) in [6, 6.07) is 4.42. The number of primary amides is 1. The Morgan fingerprint density at radius 1 is 1.40 bits per heavy atom. The lowest BCUT2D eigenvalue weighted by Gasteiger charge is -2.18. The van der Waals surface area contributed by atoms with Gasteiger partial charge in [-0.25, -0.2) is 14.4 Å². The number of fused-ring (bicyclic) bond motifs is 1. The van der Waals surface area contributed by atoms with Crippen LogP contribution in [0.4, 0.5) is 10.2 Å². The van der Waals surface area contributed by atoms with Gasteiger partial charge in [0.15, 0.2) is 0 Å². The van der Waals surface area contributed by atoms with E-state index in [1.54, 1.807) is 6.07 Å². The van der Waals surface area contributed by atoms with E-state index in [1.165, 1.54) is 18.5 Å². The lowest BCUT2D eigenvalue weighted by molar-refractivity contribution is -0.122. The molecule has 1 saturated heterocycles. The van der Waals surface area contributed by atoms with Gasteiger partial charge in [0.05, 0.1) is 11.4 Å². The molecule has 2 heterocycles. The van der Waals surface area contributed by atoms with Gasteiger partial charge in [0.2, 0.25) is 5.91 Å². The van der Waals surface area contributed by atoms with Crippen molar-refractivity contribution in [2.45, 2.75) is 6.92 Å². The molecule has 0 bridgehead atoms. The first kappa shape index (κ1) is 12.8. The number of hydrogen-bond donors (Lipinski definition) is 1. The fourth-order valence-electron chi connectivity index (χ4n) is 2.78. The quantitative estimate of drug-likeness (QED) is 0.896. The maximum absolute atomic E-state index is 13.4. The summed E-state index contributed by atoms with van der Waals surface area (Å²) in [5.74, 6) is -0.0125. The van der Waals surface area contributed by atoms with Crippen LogP contribution in [-0.4, -0.2) is 29.0 Å². The topological polar surface area (TPSA) is 72.1 Å². The number of carbonyl (C=O) groups excluding carboxylic acids is 1. The Balaban J connectivity index is 2.03. The van der Waals surface area contributed by atoms with Crippen LogP contribution in [0.2, 0.25) is 0 Å². The Bertz CT molecular complexity index is 675. The molecule has 1 amide bonds. The third-order valence-corrected chi connectivity index (χ3v) is 3.85. The first-order valence-corrected chi connectivity index (χ1v) is 6.51. The summed E-state index contributed by atoms with van der Waals surface area (Å²) in [4.78, 5) is 21.8. The Labute approximate surface area is 115 Å². The molecule has 1 aromatic carbocycles. The van der Waals surface area contributed by atoms with E-state index in [2.05, 4.69) is 9.97 Å². The molecule has 104 valence electrons. The molecule has 5 nitrogen and oxygen atoms in total. The van der Waals surface area contributed by atoms with Crippen LogP contribution in [0.5, 0.6) is 0 Å². The van der Waals surface area contributed by atoms with Gasteiger partial charge >= 0.3 is 0 Å². The van der Waals surface area contributed by atoms with E-state index in [-0.39, 0.29) is 23.6 Å². The number of benzene rings is 1. The van der Waals surface area contributed by atoms with Gasteiger partial charge in [-0.1, -0.05) is 6.92 Å². The van der Waals surface area contributed by atoms with Crippen LogP contribution >= 0.6 is 0 Å². The molecular weight excluding hydrogens is 259 g/mol. The summed E-state index contributed by atoms with van der Waals surface area (Å²) in [5.41, 5.74) is 6.09. The zero-order valence-electron chi connectivity index (χ0n) is 11.1. The number of carbonyl (C=O) groups is 1. The van der Waals surface area contributed by atoms with Crippen molar-refractivity contribution in [1.29, 1.82) is 0 Å². The molecule has 1 aliphatic heterocycles.